The van der Waals surface area contributed by atoms with Crippen LogP contribution in [0.2, 0.25) is 0 Å². The molecule has 0 saturated carbocycles. The zero-order valence-corrected chi connectivity index (χ0v) is 10.1. The van der Waals surface area contributed by atoms with Crippen molar-refractivity contribution >= 4 is 10.0 Å². The molecule has 0 aliphatic carbocycles. The quantitative estimate of drug-likeness (QED) is 0.690. The van der Waals surface area contributed by atoms with Crippen LogP contribution in [0.15, 0.2) is 0 Å². The molecule has 0 aromatic rings. The van der Waals surface area contributed by atoms with Crippen molar-refractivity contribution in [3.8, 4) is 0 Å². The Hall–Kier alpha value is -0.0900. The van der Waals surface area contributed by atoms with Crippen LogP contribution < -0.4 is 0 Å². The van der Waals surface area contributed by atoms with Crippen LogP contribution in [0.4, 0.5) is 0 Å². The van der Waals surface area contributed by atoms with Gasteiger partial charge in [-0.05, 0) is 27.2 Å². The van der Waals surface area contributed by atoms with Crippen molar-refractivity contribution < 1.29 is 8.42 Å². The molecule has 0 aliphatic rings. The van der Waals surface area contributed by atoms with E-state index in [0.29, 0.717) is 6.54 Å². The summed E-state index contributed by atoms with van der Waals surface area (Å²) >= 11 is 0. The van der Waals surface area contributed by atoms with Crippen molar-refractivity contribution in [1.82, 2.24) is 4.31 Å². The number of rotatable bonds is 5. The Bertz CT molecular complexity index is 234. The average Bonchev–Trinajstić information content (AvgIpc) is 2.04. The minimum atomic E-state index is -3.07. The van der Waals surface area contributed by atoms with Crippen LogP contribution in [-0.2, 0) is 10.0 Å². The largest absolute Gasteiger partial charge is 0.216 e. The molecule has 13 heavy (non-hydrogen) atoms. The van der Waals surface area contributed by atoms with Gasteiger partial charge in [0, 0.05) is 12.6 Å². The molecule has 4 heteroatoms. The van der Waals surface area contributed by atoms with Crippen LogP contribution in [0.3, 0.4) is 0 Å². The maximum atomic E-state index is 11.8. The van der Waals surface area contributed by atoms with Crippen molar-refractivity contribution in [2.24, 2.45) is 0 Å². The van der Waals surface area contributed by atoms with E-state index in [1.807, 2.05) is 20.8 Å². The maximum absolute atomic E-state index is 11.8. The molecule has 0 N–H and O–H groups in total. The lowest BCUT2D eigenvalue weighted by Crippen LogP contribution is -2.41. The molecular formula is C9H21NO2S. The first-order valence-electron chi connectivity index (χ1n) is 4.88. The van der Waals surface area contributed by atoms with Crippen LogP contribution in [0, 0.1) is 0 Å². The van der Waals surface area contributed by atoms with Gasteiger partial charge in [0.05, 0.1) is 5.25 Å². The summed E-state index contributed by atoms with van der Waals surface area (Å²) in [7, 11) is -3.07. The van der Waals surface area contributed by atoms with Crippen molar-refractivity contribution in [2.45, 2.75) is 52.3 Å². The Morgan fingerprint density at radius 2 is 1.62 bits per heavy atom. The lowest BCUT2D eigenvalue weighted by atomic mass is 10.3. The maximum Gasteiger partial charge on any atom is 0.216 e. The molecule has 0 heterocycles. The van der Waals surface area contributed by atoms with E-state index in [0.717, 1.165) is 6.42 Å². The van der Waals surface area contributed by atoms with E-state index in [2.05, 4.69) is 0 Å². The highest BCUT2D eigenvalue weighted by atomic mass is 32.2. The topological polar surface area (TPSA) is 37.4 Å². The van der Waals surface area contributed by atoms with Gasteiger partial charge >= 0.3 is 0 Å². The number of hydrogen-bond acceptors (Lipinski definition) is 2. The molecule has 80 valence electrons. The van der Waals surface area contributed by atoms with E-state index in [1.54, 1.807) is 18.2 Å². The summed E-state index contributed by atoms with van der Waals surface area (Å²) in [6, 6.07) is 0.109. The number of nitrogens with zero attached hydrogens (tertiary/aromatic N) is 1. The predicted molar refractivity (Wildman–Crippen MR) is 56.2 cm³/mol. The lowest BCUT2D eigenvalue weighted by Gasteiger charge is -2.28. The molecule has 0 radical (unpaired) electrons. The molecule has 3 nitrogen and oxygen atoms in total. The zero-order valence-electron chi connectivity index (χ0n) is 9.24. The molecule has 1 atom stereocenters. The van der Waals surface area contributed by atoms with Crippen LogP contribution in [0.1, 0.15) is 41.0 Å². The average molecular weight is 207 g/mol. The van der Waals surface area contributed by atoms with Crippen molar-refractivity contribution in [3.05, 3.63) is 0 Å². The molecule has 1 unspecified atom stereocenters. The minimum Gasteiger partial charge on any atom is -0.212 e. The first-order valence-corrected chi connectivity index (χ1v) is 6.38. The van der Waals surface area contributed by atoms with Crippen molar-refractivity contribution in [1.29, 1.82) is 0 Å². The van der Waals surface area contributed by atoms with Crippen LogP contribution in [-0.4, -0.2) is 30.6 Å². The standard InChI is InChI=1S/C9H21NO2S/c1-6-9(5)10(7-2)13(11,12)8(3)4/h8-9H,6-7H2,1-5H3. The lowest BCUT2D eigenvalue weighted by molar-refractivity contribution is 0.339. The van der Waals surface area contributed by atoms with E-state index < -0.39 is 10.0 Å². The third-order valence-electron chi connectivity index (χ3n) is 2.32. The fraction of sp³-hybridized carbons (Fsp3) is 1.00. The molecule has 0 aromatic carbocycles. The third kappa shape index (κ3) is 2.95. The van der Waals surface area contributed by atoms with E-state index in [1.165, 1.54) is 0 Å². The zero-order chi connectivity index (χ0) is 10.6. The van der Waals surface area contributed by atoms with Gasteiger partial charge in [-0.2, -0.15) is 4.31 Å². The summed E-state index contributed by atoms with van der Waals surface area (Å²) in [5.74, 6) is 0. The molecule has 0 fully saturated rings. The van der Waals surface area contributed by atoms with Gasteiger partial charge in [-0.1, -0.05) is 13.8 Å². The summed E-state index contributed by atoms with van der Waals surface area (Å²) in [5.41, 5.74) is 0. The van der Waals surface area contributed by atoms with E-state index in [-0.39, 0.29) is 11.3 Å². The van der Waals surface area contributed by atoms with Gasteiger partial charge in [0.15, 0.2) is 0 Å². The Morgan fingerprint density at radius 1 is 1.15 bits per heavy atom. The first-order chi connectivity index (χ1) is 5.87. The van der Waals surface area contributed by atoms with Gasteiger partial charge in [0.1, 0.15) is 0 Å². The second kappa shape index (κ2) is 4.96. The fourth-order valence-corrected chi connectivity index (χ4v) is 2.77. The van der Waals surface area contributed by atoms with Gasteiger partial charge in [-0.25, -0.2) is 8.42 Å². The van der Waals surface area contributed by atoms with Gasteiger partial charge in [-0.15, -0.1) is 0 Å². The normalized spacial score (nSPS) is 15.3. The molecule has 0 aromatic heterocycles. The van der Waals surface area contributed by atoms with Gasteiger partial charge in [-0.3, -0.25) is 0 Å². The molecule has 0 rings (SSSR count). The molecule has 0 amide bonds. The predicted octanol–water partition coefficient (Wildman–Crippen LogP) is 1.84. The molecule has 0 bridgehead atoms. The van der Waals surface area contributed by atoms with Crippen LogP contribution >= 0.6 is 0 Å². The highest BCUT2D eigenvalue weighted by molar-refractivity contribution is 7.89. The van der Waals surface area contributed by atoms with Crippen LogP contribution in [0.25, 0.3) is 0 Å². The van der Waals surface area contributed by atoms with E-state index in [4.69, 9.17) is 0 Å². The Balaban J connectivity index is 4.78. The van der Waals surface area contributed by atoms with Gasteiger partial charge in [0.25, 0.3) is 0 Å². The van der Waals surface area contributed by atoms with E-state index >= 15 is 0 Å². The Labute approximate surface area is 82.2 Å². The SMILES string of the molecule is CCC(C)N(CC)S(=O)(=O)C(C)C. The summed E-state index contributed by atoms with van der Waals surface area (Å²) in [5, 5.41) is -0.318. The monoisotopic (exact) mass is 207 g/mol. The Morgan fingerprint density at radius 3 is 1.85 bits per heavy atom. The van der Waals surface area contributed by atoms with Gasteiger partial charge < -0.3 is 0 Å². The third-order valence-corrected chi connectivity index (χ3v) is 4.78. The summed E-state index contributed by atoms with van der Waals surface area (Å²) in [4.78, 5) is 0. The van der Waals surface area contributed by atoms with Gasteiger partial charge in [0.2, 0.25) is 10.0 Å². The highest BCUT2D eigenvalue weighted by Crippen LogP contribution is 2.14. The molecule has 0 aliphatic heterocycles. The fourth-order valence-electron chi connectivity index (χ4n) is 1.22. The minimum absolute atomic E-state index is 0.109. The summed E-state index contributed by atoms with van der Waals surface area (Å²) in [6.45, 7) is 9.84. The Kier molecular flexibility index (Phi) is 4.92. The summed E-state index contributed by atoms with van der Waals surface area (Å²) < 4.78 is 25.2. The first kappa shape index (κ1) is 12.9. The highest BCUT2D eigenvalue weighted by Gasteiger charge is 2.27. The molecule has 0 spiro atoms. The van der Waals surface area contributed by atoms with E-state index in [9.17, 15) is 8.42 Å². The molecular weight excluding hydrogens is 186 g/mol. The second-order valence-electron chi connectivity index (χ2n) is 3.55. The summed E-state index contributed by atoms with van der Waals surface area (Å²) in [6.07, 6.45) is 0.861. The van der Waals surface area contributed by atoms with Crippen LogP contribution in [0.5, 0.6) is 0 Å². The van der Waals surface area contributed by atoms with Crippen molar-refractivity contribution in [3.63, 3.8) is 0 Å². The smallest absolute Gasteiger partial charge is 0.212 e. The number of hydrogen-bond donors (Lipinski definition) is 0. The van der Waals surface area contributed by atoms with Crippen molar-refractivity contribution in [2.75, 3.05) is 6.54 Å². The number of sulfonamides is 1. The second-order valence-corrected chi connectivity index (χ2v) is 6.00. The molecule has 0 saturated heterocycles.